The van der Waals surface area contributed by atoms with E-state index in [-0.39, 0.29) is 24.4 Å². The average molecular weight is 375 g/mol. The highest BCUT2D eigenvalue weighted by Gasteiger charge is 2.47. The van der Waals surface area contributed by atoms with E-state index in [9.17, 15) is 18.0 Å². The van der Waals surface area contributed by atoms with Crippen molar-refractivity contribution < 1.29 is 18.0 Å². The molecule has 0 unspecified atom stereocenters. The number of nitrogens with one attached hydrogen (secondary N) is 1. The number of rotatable bonds is 4. The van der Waals surface area contributed by atoms with Crippen LogP contribution < -0.4 is 5.32 Å². The van der Waals surface area contributed by atoms with Crippen molar-refractivity contribution in [2.24, 2.45) is 11.8 Å². The van der Waals surface area contributed by atoms with Gasteiger partial charge in [0.05, 0.1) is 11.8 Å². The largest absolute Gasteiger partial charge is 0.348 e. The molecule has 2 saturated heterocycles. The van der Waals surface area contributed by atoms with E-state index in [2.05, 4.69) is 5.32 Å². The lowest BCUT2D eigenvalue weighted by Crippen LogP contribution is -2.43. The molecule has 1 N–H and O–H groups in total. The van der Waals surface area contributed by atoms with Gasteiger partial charge in [-0.05, 0) is 24.7 Å². The zero-order valence-corrected chi connectivity index (χ0v) is 16.4. The number of fused-ring (bicyclic) bond motifs is 1. The Bertz CT molecular complexity index is 605. The van der Waals surface area contributed by atoms with Gasteiger partial charge < -0.3 is 15.1 Å². The molecule has 0 saturated carbocycles. The quantitative estimate of drug-likeness (QED) is 0.759. The fraction of sp³-hybridized carbons (Fsp3) is 0.875. The molecule has 0 spiro atoms. The first kappa shape index (κ1) is 20.0. The van der Waals surface area contributed by atoms with Crippen molar-refractivity contribution in [3.63, 3.8) is 0 Å². The number of likely N-dealkylation sites (N-methyl/N-ethyl adjacent to an activating group) is 1. The van der Waals surface area contributed by atoms with Crippen molar-refractivity contribution in [1.29, 1.82) is 0 Å². The predicted octanol–water partition coefficient (Wildman–Crippen LogP) is 0.166. The predicted molar refractivity (Wildman–Crippen MR) is 95.5 cm³/mol. The van der Waals surface area contributed by atoms with E-state index in [1.807, 2.05) is 13.8 Å². The summed E-state index contributed by atoms with van der Waals surface area (Å²) in [6.07, 6.45) is 1.07. The molecule has 3 amide bonds. The minimum absolute atomic E-state index is 0.0251. The molecule has 0 aromatic carbocycles. The number of sulfonamides is 1. The van der Waals surface area contributed by atoms with Crippen LogP contribution in [0.3, 0.4) is 0 Å². The first-order valence-corrected chi connectivity index (χ1v) is 10.3. The van der Waals surface area contributed by atoms with Crippen LogP contribution in [0.5, 0.6) is 0 Å². The fourth-order valence-corrected chi connectivity index (χ4v) is 5.53. The summed E-state index contributed by atoms with van der Waals surface area (Å²) in [6, 6.07) is -0.120. The molecule has 144 valence electrons. The number of nitrogens with zero attached hydrogens (tertiary/aromatic N) is 3. The van der Waals surface area contributed by atoms with Crippen molar-refractivity contribution in [2.75, 3.05) is 46.8 Å². The molecule has 2 atom stereocenters. The zero-order valence-electron chi connectivity index (χ0n) is 15.6. The van der Waals surface area contributed by atoms with E-state index in [0.717, 1.165) is 0 Å². The molecule has 2 aliphatic heterocycles. The molecule has 0 aliphatic carbocycles. The second kappa shape index (κ2) is 7.90. The average Bonchev–Trinajstić information content (AvgIpc) is 2.68. The second-order valence-corrected chi connectivity index (χ2v) is 9.72. The Labute approximate surface area is 150 Å². The third kappa shape index (κ3) is 4.63. The molecule has 2 heterocycles. The molecular weight excluding hydrogens is 344 g/mol. The Morgan fingerprint density at radius 1 is 1.20 bits per heavy atom. The molecule has 25 heavy (non-hydrogen) atoms. The van der Waals surface area contributed by atoms with E-state index < -0.39 is 15.3 Å². The van der Waals surface area contributed by atoms with Crippen LogP contribution in [0.25, 0.3) is 0 Å². The van der Waals surface area contributed by atoms with E-state index >= 15 is 0 Å². The van der Waals surface area contributed by atoms with Gasteiger partial charge in [0, 0.05) is 40.3 Å². The molecule has 9 heteroatoms. The number of hydrogen-bond donors (Lipinski definition) is 1. The van der Waals surface area contributed by atoms with Crippen LogP contribution in [-0.2, 0) is 14.8 Å². The van der Waals surface area contributed by atoms with Crippen molar-refractivity contribution in [1.82, 2.24) is 19.4 Å². The van der Waals surface area contributed by atoms with E-state index in [1.165, 1.54) is 9.21 Å². The highest BCUT2D eigenvalue weighted by molar-refractivity contribution is 7.90. The normalized spacial score (nSPS) is 26.2. The monoisotopic (exact) mass is 374 g/mol. The first-order chi connectivity index (χ1) is 11.6. The van der Waals surface area contributed by atoms with Crippen molar-refractivity contribution >= 4 is 22.0 Å². The fourth-order valence-electron chi connectivity index (χ4n) is 3.35. The second-order valence-electron chi connectivity index (χ2n) is 7.57. The smallest absolute Gasteiger partial charge is 0.317 e. The van der Waals surface area contributed by atoms with Crippen molar-refractivity contribution in [3.8, 4) is 0 Å². The van der Waals surface area contributed by atoms with Gasteiger partial charge >= 0.3 is 6.03 Å². The Balaban J connectivity index is 1.99. The van der Waals surface area contributed by atoms with Crippen LogP contribution in [0.2, 0.25) is 0 Å². The maximum Gasteiger partial charge on any atom is 0.317 e. The van der Waals surface area contributed by atoms with E-state index in [4.69, 9.17) is 0 Å². The minimum atomic E-state index is -3.49. The first-order valence-electron chi connectivity index (χ1n) is 8.84. The topological polar surface area (TPSA) is 90.0 Å². The maximum atomic E-state index is 12.8. The lowest BCUT2D eigenvalue weighted by Gasteiger charge is -2.23. The van der Waals surface area contributed by atoms with Crippen LogP contribution in [0.15, 0.2) is 0 Å². The van der Waals surface area contributed by atoms with Gasteiger partial charge in [0.2, 0.25) is 15.9 Å². The van der Waals surface area contributed by atoms with E-state index in [0.29, 0.717) is 44.9 Å². The molecule has 2 fully saturated rings. The summed E-state index contributed by atoms with van der Waals surface area (Å²) in [5.41, 5.74) is 0. The van der Waals surface area contributed by atoms with Crippen LogP contribution in [0.1, 0.15) is 26.7 Å². The molecule has 0 radical (unpaired) electrons. The summed E-state index contributed by atoms with van der Waals surface area (Å²) in [5.74, 6) is 0.135. The molecule has 0 aromatic rings. The van der Waals surface area contributed by atoms with Crippen LogP contribution >= 0.6 is 0 Å². The summed E-state index contributed by atoms with van der Waals surface area (Å²) in [4.78, 5) is 27.2. The SMILES string of the molecule is CC(C)CNC(=O)N1CC[C@@H]2CN(CC(=O)N(C)C)S(=O)(=O)[C@@H]2CC1. The lowest BCUT2D eigenvalue weighted by molar-refractivity contribution is -0.128. The summed E-state index contributed by atoms with van der Waals surface area (Å²) in [6.45, 7) is 5.93. The lowest BCUT2D eigenvalue weighted by atomic mass is 10.0. The zero-order chi connectivity index (χ0) is 18.8. The summed E-state index contributed by atoms with van der Waals surface area (Å²) in [7, 11) is -0.244. The van der Waals surface area contributed by atoms with Gasteiger partial charge in [0.25, 0.3) is 0 Å². The van der Waals surface area contributed by atoms with E-state index in [1.54, 1.807) is 19.0 Å². The minimum Gasteiger partial charge on any atom is -0.348 e. The number of amides is 3. The molecule has 0 aromatic heterocycles. The van der Waals surface area contributed by atoms with Gasteiger partial charge in [-0.2, -0.15) is 4.31 Å². The molecular formula is C16H30N4O4S. The molecule has 8 nitrogen and oxygen atoms in total. The van der Waals surface area contributed by atoms with Crippen molar-refractivity contribution in [2.45, 2.75) is 31.9 Å². The van der Waals surface area contributed by atoms with Gasteiger partial charge in [0.1, 0.15) is 0 Å². The Morgan fingerprint density at radius 3 is 2.44 bits per heavy atom. The van der Waals surface area contributed by atoms with Crippen molar-refractivity contribution in [3.05, 3.63) is 0 Å². The number of carbonyl (C=O) groups excluding carboxylic acids is 2. The molecule has 0 bridgehead atoms. The summed E-state index contributed by atoms with van der Waals surface area (Å²) in [5, 5.41) is 2.40. The van der Waals surface area contributed by atoms with Crippen LogP contribution in [0.4, 0.5) is 4.79 Å². The Kier molecular flexibility index (Phi) is 6.31. The van der Waals surface area contributed by atoms with Gasteiger partial charge in [0.15, 0.2) is 0 Å². The highest BCUT2D eigenvalue weighted by Crippen LogP contribution is 2.34. The number of carbonyl (C=O) groups is 2. The molecule has 2 rings (SSSR count). The number of hydrogen-bond acceptors (Lipinski definition) is 4. The highest BCUT2D eigenvalue weighted by atomic mass is 32.2. The van der Waals surface area contributed by atoms with Crippen LogP contribution in [-0.4, -0.2) is 86.5 Å². The maximum absolute atomic E-state index is 12.8. The molecule has 2 aliphatic rings. The standard InChI is InChI=1S/C16H30N4O4S/c1-12(2)9-17-16(22)19-7-5-13-10-20(11-15(21)18(3)4)25(23,24)14(13)6-8-19/h12-14H,5-11H2,1-4H3,(H,17,22)/t13-,14-/m1/s1. The summed E-state index contributed by atoms with van der Waals surface area (Å²) < 4.78 is 26.9. The Hall–Kier alpha value is -1.35. The third-order valence-corrected chi connectivity index (χ3v) is 7.30. The third-order valence-electron chi connectivity index (χ3n) is 4.92. The van der Waals surface area contributed by atoms with Gasteiger partial charge in [-0.15, -0.1) is 0 Å². The van der Waals surface area contributed by atoms with Gasteiger partial charge in [-0.25, -0.2) is 13.2 Å². The summed E-state index contributed by atoms with van der Waals surface area (Å²) >= 11 is 0. The number of likely N-dealkylation sites (tertiary alicyclic amines) is 1. The Morgan fingerprint density at radius 2 is 1.84 bits per heavy atom. The van der Waals surface area contributed by atoms with Gasteiger partial charge in [-0.3, -0.25) is 4.79 Å². The van der Waals surface area contributed by atoms with Crippen LogP contribution in [0, 0.1) is 11.8 Å². The van der Waals surface area contributed by atoms with Gasteiger partial charge in [-0.1, -0.05) is 13.8 Å². The number of urea groups is 1.